The van der Waals surface area contributed by atoms with Gasteiger partial charge in [-0.1, -0.05) is 0 Å². The highest BCUT2D eigenvalue weighted by atomic mass is 32.1. The topological polar surface area (TPSA) is 197 Å². The summed E-state index contributed by atoms with van der Waals surface area (Å²) in [5.41, 5.74) is 10.6. The molecular formula is C14H27N5O6S. The van der Waals surface area contributed by atoms with Crippen molar-refractivity contribution in [3.05, 3.63) is 0 Å². The lowest BCUT2D eigenvalue weighted by molar-refractivity contribution is -0.143. The molecule has 0 aliphatic carbocycles. The van der Waals surface area contributed by atoms with Crippen LogP contribution in [0.15, 0.2) is 0 Å². The van der Waals surface area contributed by atoms with E-state index in [1.807, 2.05) is 0 Å². The molecule has 0 aromatic rings. The lowest BCUT2D eigenvalue weighted by atomic mass is 10.1. The highest BCUT2D eigenvalue weighted by Gasteiger charge is 2.28. The molecule has 0 heterocycles. The number of aliphatic carboxylic acids is 1. The number of aliphatic hydroxyl groups excluding tert-OH is 1. The number of carbonyl (C=O) groups is 4. The summed E-state index contributed by atoms with van der Waals surface area (Å²) in [4.78, 5) is 46.8. The SMILES string of the molecule is NCCCCC(NC(=O)CN)C(=O)NC(CS)C(=O)NC(CO)C(=O)O. The summed E-state index contributed by atoms with van der Waals surface area (Å²) in [6.07, 6.45) is 1.52. The first-order valence-corrected chi connectivity index (χ1v) is 8.68. The fourth-order valence-corrected chi connectivity index (χ4v) is 2.20. The number of carboxylic acids is 1. The first kappa shape index (κ1) is 24.1. The van der Waals surface area contributed by atoms with E-state index in [0.29, 0.717) is 25.8 Å². The lowest BCUT2D eigenvalue weighted by Gasteiger charge is -2.23. The molecule has 9 N–H and O–H groups in total. The molecular weight excluding hydrogens is 366 g/mol. The summed E-state index contributed by atoms with van der Waals surface area (Å²) in [7, 11) is 0. The third-order valence-electron chi connectivity index (χ3n) is 3.40. The maximum Gasteiger partial charge on any atom is 0.328 e. The smallest absolute Gasteiger partial charge is 0.328 e. The summed E-state index contributed by atoms with van der Waals surface area (Å²) < 4.78 is 0. The van der Waals surface area contributed by atoms with Gasteiger partial charge in [0.25, 0.3) is 0 Å². The molecule has 3 unspecified atom stereocenters. The Kier molecular flexibility index (Phi) is 12.4. The van der Waals surface area contributed by atoms with Gasteiger partial charge in [-0.25, -0.2) is 4.79 Å². The Morgan fingerprint density at radius 3 is 1.96 bits per heavy atom. The van der Waals surface area contributed by atoms with Crippen LogP contribution in [0.2, 0.25) is 0 Å². The molecule has 0 fully saturated rings. The van der Waals surface area contributed by atoms with Crippen LogP contribution in [0.1, 0.15) is 19.3 Å². The fourth-order valence-electron chi connectivity index (χ4n) is 1.94. The number of hydrogen-bond acceptors (Lipinski definition) is 8. The number of nitrogens with one attached hydrogen (secondary N) is 3. The van der Waals surface area contributed by atoms with Gasteiger partial charge in [0.05, 0.1) is 13.2 Å². The maximum atomic E-state index is 12.4. The number of amides is 3. The summed E-state index contributed by atoms with van der Waals surface area (Å²) in [5.74, 6) is -3.51. The van der Waals surface area contributed by atoms with E-state index in [0.717, 1.165) is 0 Å². The Hall–Kier alpha value is -1.89. The van der Waals surface area contributed by atoms with Crippen molar-refractivity contribution in [3.8, 4) is 0 Å². The Morgan fingerprint density at radius 2 is 1.50 bits per heavy atom. The van der Waals surface area contributed by atoms with Crippen LogP contribution < -0.4 is 27.4 Å². The largest absolute Gasteiger partial charge is 0.480 e. The summed E-state index contributed by atoms with van der Waals surface area (Å²) in [5, 5.41) is 24.7. The molecule has 0 rings (SSSR count). The van der Waals surface area contributed by atoms with Gasteiger partial charge in [0.15, 0.2) is 0 Å². The van der Waals surface area contributed by atoms with E-state index < -0.39 is 48.4 Å². The molecule has 150 valence electrons. The summed E-state index contributed by atoms with van der Waals surface area (Å²) in [6, 6.07) is -3.56. The number of nitrogens with two attached hydrogens (primary N) is 2. The van der Waals surface area contributed by atoms with Crippen LogP contribution in [0.5, 0.6) is 0 Å². The predicted molar refractivity (Wildman–Crippen MR) is 96.3 cm³/mol. The third kappa shape index (κ3) is 8.99. The monoisotopic (exact) mass is 393 g/mol. The molecule has 0 radical (unpaired) electrons. The van der Waals surface area contributed by atoms with Gasteiger partial charge in [0.1, 0.15) is 18.1 Å². The molecule has 11 nitrogen and oxygen atoms in total. The Labute approximate surface area is 156 Å². The van der Waals surface area contributed by atoms with E-state index >= 15 is 0 Å². The molecule has 0 spiro atoms. The first-order valence-electron chi connectivity index (χ1n) is 8.05. The van der Waals surface area contributed by atoms with Gasteiger partial charge >= 0.3 is 5.97 Å². The quantitative estimate of drug-likeness (QED) is 0.117. The van der Waals surface area contributed by atoms with Crippen molar-refractivity contribution < 1.29 is 29.4 Å². The average molecular weight is 393 g/mol. The first-order chi connectivity index (χ1) is 12.3. The fraction of sp³-hybridized carbons (Fsp3) is 0.714. The van der Waals surface area contributed by atoms with Crippen LogP contribution in [-0.2, 0) is 19.2 Å². The van der Waals surface area contributed by atoms with E-state index in [2.05, 4.69) is 28.6 Å². The van der Waals surface area contributed by atoms with E-state index in [4.69, 9.17) is 21.7 Å². The van der Waals surface area contributed by atoms with Crippen LogP contribution in [0.25, 0.3) is 0 Å². The highest BCUT2D eigenvalue weighted by Crippen LogP contribution is 2.02. The van der Waals surface area contributed by atoms with Crippen LogP contribution in [-0.4, -0.2) is 77.5 Å². The zero-order valence-electron chi connectivity index (χ0n) is 14.3. The van der Waals surface area contributed by atoms with Crippen molar-refractivity contribution in [3.63, 3.8) is 0 Å². The second-order valence-electron chi connectivity index (χ2n) is 5.43. The normalized spacial score (nSPS) is 14.0. The number of unbranched alkanes of at least 4 members (excludes halogenated alkanes) is 1. The number of rotatable bonds is 13. The molecule has 26 heavy (non-hydrogen) atoms. The molecule has 0 saturated heterocycles. The van der Waals surface area contributed by atoms with E-state index in [1.165, 1.54) is 0 Å². The van der Waals surface area contributed by atoms with Crippen molar-refractivity contribution in [2.45, 2.75) is 37.4 Å². The second kappa shape index (κ2) is 13.3. The second-order valence-corrected chi connectivity index (χ2v) is 5.80. The Bertz CT molecular complexity index is 492. The Balaban J connectivity index is 4.93. The summed E-state index contributed by atoms with van der Waals surface area (Å²) >= 11 is 3.97. The maximum absolute atomic E-state index is 12.4. The van der Waals surface area contributed by atoms with E-state index in [9.17, 15) is 19.2 Å². The van der Waals surface area contributed by atoms with Crippen LogP contribution in [0, 0.1) is 0 Å². The van der Waals surface area contributed by atoms with Crippen molar-refractivity contribution in [1.29, 1.82) is 0 Å². The minimum Gasteiger partial charge on any atom is -0.480 e. The molecule has 0 bridgehead atoms. The lowest BCUT2D eigenvalue weighted by Crippen LogP contribution is -2.57. The number of aliphatic hydroxyl groups is 1. The number of carboxylic acid groups (broad SMARTS) is 1. The van der Waals surface area contributed by atoms with Gasteiger partial charge in [-0.05, 0) is 25.8 Å². The van der Waals surface area contributed by atoms with Gasteiger partial charge in [-0.2, -0.15) is 12.6 Å². The van der Waals surface area contributed by atoms with Crippen molar-refractivity contribution in [2.75, 3.05) is 25.4 Å². The van der Waals surface area contributed by atoms with Gasteiger partial charge in [0, 0.05) is 5.75 Å². The third-order valence-corrected chi connectivity index (χ3v) is 3.76. The number of carbonyl (C=O) groups excluding carboxylic acids is 3. The van der Waals surface area contributed by atoms with Crippen molar-refractivity contribution >= 4 is 36.3 Å². The van der Waals surface area contributed by atoms with Crippen LogP contribution >= 0.6 is 12.6 Å². The molecule has 0 saturated carbocycles. The number of hydrogen-bond donors (Lipinski definition) is 8. The molecule has 12 heteroatoms. The van der Waals surface area contributed by atoms with Gasteiger partial charge < -0.3 is 37.6 Å². The number of thiol groups is 1. The minimum absolute atomic E-state index is 0.115. The van der Waals surface area contributed by atoms with Crippen molar-refractivity contribution in [2.24, 2.45) is 11.5 Å². The van der Waals surface area contributed by atoms with Crippen molar-refractivity contribution in [1.82, 2.24) is 16.0 Å². The average Bonchev–Trinajstić information content (AvgIpc) is 2.62. The van der Waals surface area contributed by atoms with Gasteiger partial charge in [0.2, 0.25) is 17.7 Å². The molecule has 0 aromatic carbocycles. The van der Waals surface area contributed by atoms with Gasteiger partial charge in [-0.15, -0.1) is 0 Å². The highest BCUT2D eigenvalue weighted by molar-refractivity contribution is 7.80. The van der Waals surface area contributed by atoms with Crippen LogP contribution in [0.3, 0.4) is 0 Å². The van der Waals surface area contributed by atoms with Gasteiger partial charge in [-0.3, -0.25) is 14.4 Å². The van der Waals surface area contributed by atoms with E-state index in [-0.39, 0.29) is 12.3 Å². The summed E-state index contributed by atoms with van der Waals surface area (Å²) in [6.45, 7) is -0.672. The minimum atomic E-state index is -1.50. The zero-order chi connectivity index (χ0) is 20.1. The molecule has 0 aliphatic rings. The van der Waals surface area contributed by atoms with E-state index in [1.54, 1.807) is 0 Å². The molecule has 3 amide bonds. The standard InChI is InChI=1S/C14H27N5O6S/c15-4-2-1-3-8(17-11(21)5-16)12(22)19-10(7-26)13(23)18-9(6-20)14(24)25/h8-10,20,26H,1-7,15-16H2,(H,17,21)(H,18,23)(H,19,22)(H,24,25). The van der Waals surface area contributed by atoms with Crippen LogP contribution in [0.4, 0.5) is 0 Å². The zero-order valence-corrected chi connectivity index (χ0v) is 15.2. The Morgan fingerprint density at radius 1 is 0.923 bits per heavy atom. The molecule has 0 aliphatic heterocycles. The molecule has 3 atom stereocenters. The molecule has 0 aromatic heterocycles. The predicted octanol–water partition coefficient (Wildman–Crippen LogP) is -3.46.